The molecule has 1 rings (SSSR count). The maximum atomic E-state index is 12.6. The summed E-state index contributed by atoms with van der Waals surface area (Å²) in [7, 11) is -4.40. The zero-order valence-corrected chi connectivity index (χ0v) is 34.8. The first-order chi connectivity index (χ1) is 26.3. The second kappa shape index (κ2) is 35.4. The Labute approximate surface area is 328 Å². The van der Waals surface area contributed by atoms with Crippen LogP contribution in [0.1, 0.15) is 168 Å². The van der Waals surface area contributed by atoms with Crippen molar-refractivity contribution in [2.45, 2.75) is 186 Å². The molecular formula is C43H76NO9P. The summed E-state index contributed by atoms with van der Waals surface area (Å²) in [6.45, 7) is 3.60. The Morgan fingerprint density at radius 1 is 0.667 bits per heavy atom. The van der Waals surface area contributed by atoms with E-state index in [2.05, 4.69) is 62.5 Å². The molecule has 3 unspecified atom stereocenters. The summed E-state index contributed by atoms with van der Waals surface area (Å²) < 4.78 is 38.4. The van der Waals surface area contributed by atoms with Gasteiger partial charge in [-0.1, -0.05) is 133 Å². The van der Waals surface area contributed by atoms with E-state index in [1.807, 2.05) is 0 Å². The summed E-state index contributed by atoms with van der Waals surface area (Å²) >= 11 is 0. The Balaban J connectivity index is 2.23. The third kappa shape index (κ3) is 32.2. The SMILES string of the molecule is CCCCCCCC/C=C\C/C=C\C/C=C\CCCC(=O)OC[C@H](COP(=O)(O)OCCN)OC(=O)CCCCCCC/C=C\CC1OC1CCCCC. The third-order valence-corrected chi connectivity index (χ3v) is 10.1. The van der Waals surface area contributed by atoms with Crippen molar-refractivity contribution in [3.63, 3.8) is 0 Å². The maximum absolute atomic E-state index is 12.6. The summed E-state index contributed by atoms with van der Waals surface area (Å²) in [5.74, 6) is -0.914. The summed E-state index contributed by atoms with van der Waals surface area (Å²) in [6.07, 6.45) is 41.8. The van der Waals surface area contributed by atoms with Crippen LogP contribution >= 0.6 is 7.82 Å². The number of hydrogen-bond donors (Lipinski definition) is 2. The highest BCUT2D eigenvalue weighted by Crippen LogP contribution is 2.43. The first-order valence-electron chi connectivity index (χ1n) is 21.2. The zero-order valence-electron chi connectivity index (χ0n) is 33.9. The zero-order chi connectivity index (χ0) is 39.4. The monoisotopic (exact) mass is 782 g/mol. The minimum atomic E-state index is -4.40. The molecular weight excluding hydrogens is 705 g/mol. The summed E-state index contributed by atoms with van der Waals surface area (Å²) in [5.41, 5.74) is 5.34. The van der Waals surface area contributed by atoms with Crippen molar-refractivity contribution in [2.75, 3.05) is 26.4 Å². The molecule has 0 aromatic rings. The number of esters is 2. The highest BCUT2D eigenvalue weighted by Gasteiger charge is 2.36. The average Bonchev–Trinajstić information content (AvgIpc) is 3.91. The molecule has 1 aliphatic rings. The Morgan fingerprint density at radius 2 is 1.22 bits per heavy atom. The number of hydrogen-bond acceptors (Lipinski definition) is 9. The maximum Gasteiger partial charge on any atom is 0.472 e. The number of rotatable bonds is 38. The summed E-state index contributed by atoms with van der Waals surface area (Å²) in [4.78, 5) is 34.8. The van der Waals surface area contributed by atoms with E-state index in [0.717, 1.165) is 64.2 Å². The fourth-order valence-electron chi connectivity index (χ4n) is 5.83. The smallest absolute Gasteiger partial charge is 0.462 e. The molecule has 0 amide bonds. The van der Waals surface area contributed by atoms with Gasteiger partial charge in [0.05, 0.1) is 25.4 Å². The second-order valence-corrected chi connectivity index (χ2v) is 15.7. The van der Waals surface area contributed by atoms with Crippen molar-refractivity contribution in [3.05, 3.63) is 48.6 Å². The molecule has 1 fully saturated rings. The fourth-order valence-corrected chi connectivity index (χ4v) is 6.60. The minimum Gasteiger partial charge on any atom is -0.462 e. The van der Waals surface area contributed by atoms with Gasteiger partial charge in [-0.15, -0.1) is 0 Å². The lowest BCUT2D eigenvalue weighted by Crippen LogP contribution is -2.29. The standard InChI is InChI=1S/C43H76NO9P/c1-3-5-7-8-9-10-11-12-13-14-15-16-17-18-22-25-29-33-42(45)49-37-39(38-51-54(47,48)50-36-35-44)52-43(46)34-30-26-23-20-19-21-24-28-32-41-40(53-41)31-27-6-4-2/h12-13,15-16,18,22,24,28,39-41H,3-11,14,17,19-21,23,25-27,29-38,44H2,1-2H3,(H,47,48)/b13-12-,16-15-,22-18-,28-24-/t39-,40?,41?/m1/s1. The van der Waals surface area contributed by atoms with Crippen molar-refractivity contribution in [2.24, 2.45) is 5.73 Å². The molecule has 0 aromatic heterocycles. The number of ether oxygens (including phenoxy) is 3. The van der Waals surface area contributed by atoms with Gasteiger partial charge in [0, 0.05) is 19.4 Å². The Kier molecular flexibility index (Phi) is 32.7. The van der Waals surface area contributed by atoms with Gasteiger partial charge < -0.3 is 24.8 Å². The van der Waals surface area contributed by atoms with Crippen molar-refractivity contribution >= 4 is 19.8 Å². The largest absolute Gasteiger partial charge is 0.472 e. The lowest BCUT2D eigenvalue weighted by molar-refractivity contribution is -0.161. The van der Waals surface area contributed by atoms with Crippen molar-refractivity contribution < 1.29 is 42.3 Å². The topological polar surface area (TPSA) is 147 Å². The van der Waals surface area contributed by atoms with E-state index in [4.69, 9.17) is 29.0 Å². The van der Waals surface area contributed by atoms with E-state index in [9.17, 15) is 19.0 Å². The van der Waals surface area contributed by atoms with Gasteiger partial charge in [-0.25, -0.2) is 4.57 Å². The molecule has 1 heterocycles. The van der Waals surface area contributed by atoms with Crippen LogP contribution in [-0.4, -0.2) is 61.5 Å². The summed E-state index contributed by atoms with van der Waals surface area (Å²) in [6, 6.07) is 0. The molecule has 0 aromatic carbocycles. The first kappa shape index (κ1) is 49.9. The number of phosphoric acid groups is 1. The number of epoxide rings is 1. The van der Waals surface area contributed by atoms with E-state index in [1.54, 1.807) is 0 Å². The predicted molar refractivity (Wildman–Crippen MR) is 219 cm³/mol. The molecule has 0 radical (unpaired) electrons. The third-order valence-electron chi connectivity index (χ3n) is 9.11. The molecule has 10 nitrogen and oxygen atoms in total. The number of nitrogens with two attached hydrogens (primary N) is 1. The van der Waals surface area contributed by atoms with Gasteiger partial charge in [-0.2, -0.15) is 0 Å². The van der Waals surface area contributed by atoms with E-state index < -0.39 is 32.5 Å². The lowest BCUT2D eigenvalue weighted by Gasteiger charge is -2.19. The molecule has 312 valence electrons. The average molecular weight is 782 g/mol. The Bertz CT molecular complexity index is 1090. The van der Waals surface area contributed by atoms with E-state index in [0.29, 0.717) is 25.0 Å². The van der Waals surface area contributed by atoms with Gasteiger partial charge in [-0.3, -0.25) is 18.6 Å². The van der Waals surface area contributed by atoms with Crippen LogP contribution in [0.4, 0.5) is 0 Å². The first-order valence-corrected chi connectivity index (χ1v) is 22.7. The number of unbranched alkanes of at least 4 members (excludes halogenated alkanes) is 14. The van der Waals surface area contributed by atoms with Gasteiger partial charge in [0.15, 0.2) is 6.10 Å². The molecule has 1 saturated heterocycles. The number of phosphoric ester groups is 1. The van der Waals surface area contributed by atoms with Crippen molar-refractivity contribution in [1.82, 2.24) is 0 Å². The number of carbonyl (C=O) groups excluding carboxylic acids is 2. The molecule has 0 bridgehead atoms. The lowest BCUT2D eigenvalue weighted by atomic mass is 10.1. The molecule has 3 N–H and O–H groups in total. The van der Waals surface area contributed by atoms with Crippen LogP contribution in [0.5, 0.6) is 0 Å². The predicted octanol–water partition coefficient (Wildman–Crippen LogP) is 10.9. The van der Waals surface area contributed by atoms with Crippen LogP contribution in [0, 0.1) is 0 Å². The normalized spacial score (nSPS) is 17.6. The molecule has 0 aliphatic carbocycles. The van der Waals surface area contributed by atoms with Crippen LogP contribution in [0.25, 0.3) is 0 Å². The van der Waals surface area contributed by atoms with Crippen molar-refractivity contribution in [3.8, 4) is 0 Å². The number of carbonyl (C=O) groups is 2. The van der Waals surface area contributed by atoms with Gasteiger partial charge in [0.1, 0.15) is 6.61 Å². The molecule has 0 spiro atoms. The van der Waals surface area contributed by atoms with Gasteiger partial charge in [-0.05, 0) is 70.6 Å². The number of allylic oxidation sites excluding steroid dienone is 7. The molecule has 54 heavy (non-hydrogen) atoms. The fraction of sp³-hybridized carbons (Fsp3) is 0.767. The van der Waals surface area contributed by atoms with Crippen LogP contribution in [0.3, 0.4) is 0 Å². The van der Waals surface area contributed by atoms with Crippen LogP contribution in [0.2, 0.25) is 0 Å². The van der Waals surface area contributed by atoms with E-state index in [1.165, 1.54) is 64.2 Å². The van der Waals surface area contributed by atoms with Crippen LogP contribution in [0.15, 0.2) is 48.6 Å². The molecule has 11 heteroatoms. The summed E-state index contributed by atoms with van der Waals surface area (Å²) in [5, 5.41) is 0. The second-order valence-electron chi connectivity index (χ2n) is 14.2. The Hall–Kier alpha value is -2.07. The Morgan fingerprint density at radius 3 is 1.89 bits per heavy atom. The quantitative estimate of drug-likeness (QED) is 0.0204. The highest BCUT2D eigenvalue weighted by atomic mass is 31.2. The highest BCUT2D eigenvalue weighted by molar-refractivity contribution is 7.47. The van der Waals surface area contributed by atoms with E-state index in [-0.39, 0.29) is 32.6 Å². The van der Waals surface area contributed by atoms with Crippen molar-refractivity contribution in [1.29, 1.82) is 0 Å². The van der Waals surface area contributed by atoms with E-state index >= 15 is 0 Å². The van der Waals surface area contributed by atoms with Gasteiger partial charge in [0.2, 0.25) is 0 Å². The van der Waals surface area contributed by atoms with Crippen LogP contribution < -0.4 is 5.73 Å². The van der Waals surface area contributed by atoms with Crippen LogP contribution in [-0.2, 0) is 37.4 Å². The molecule has 1 aliphatic heterocycles. The molecule has 0 saturated carbocycles. The minimum absolute atomic E-state index is 0.0407. The van der Waals surface area contributed by atoms with Gasteiger partial charge in [0.25, 0.3) is 0 Å². The van der Waals surface area contributed by atoms with Gasteiger partial charge >= 0.3 is 19.8 Å². The molecule has 4 atom stereocenters.